The topological polar surface area (TPSA) is 64.1 Å². The van der Waals surface area contributed by atoms with Gasteiger partial charge in [-0.25, -0.2) is 4.98 Å². The first-order chi connectivity index (χ1) is 14.2. The van der Waals surface area contributed by atoms with Crippen LogP contribution in [-0.2, 0) is 22.7 Å². The zero-order valence-corrected chi connectivity index (χ0v) is 17.2. The Kier molecular flexibility index (Phi) is 6.87. The molecule has 2 saturated heterocycles. The van der Waals surface area contributed by atoms with Crippen molar-refractivity contribution in [3.8, 4) is 5.88 Å². The van der Waals surface area contributed by atoms with Gasteiger partial charge in [0.15, 0.2) is 6.29 Å². The van der Waals surface area contributed by atoms with Crippen LogP contribution < -0.4 is 9.64 Å². The highest BCUT2D eigenvalue weighted by atomic mass is 35.5. The molecule has 2 aliphatic heterocycles. The molecule has 0 saturated carbocycles. The number of benzene rings is 1. The van der Waals surface area contributed by atoms with Gasteiger partial charge in [-0.3, -0.25) is 0 Å². The number of aliphatic hydroxyl groups excluding tert-OH is 1. The standard InChI is InChI=1S/C22H27ClN2O4/c23-19-4-3-9-24-22(19)29-18-8-10-25(13-18)20-7-6-16(14-26)12-17(20)15-28-21-5-1-2-11-27-21/h3-4,6-7,9,12,18,21,26H,1-2,5,8,10-11,13-15H2. The second-order valence-corrected chi connectivity index (χ2v) is 7.90. The third kappa shape index (κ3) is 5.20. The lowest BCUT2D eigenvalue weighted by Gasteiger charge is -2.26. The number of hydrogen-bond donors (Lipinski definition) is 1. The van der Waals surface area contributed by atoms with Crippen LogP contribution in [0.2, 0.25) is 5.02 Å². The Bertz CT molecular complexity index is 813. The van der Waals surface area contributed by atoms with Crippen molar-refractivity contribution in [2.75, 3.05) is 24.6 Å². The zero-order chi connectivity index (χ0) is 20.1. The van der Waals surface area contributed by atoms with E-state index in [2.05, 4.69) is 16.0 Å². The lowest BCUT2D eigenvalue weighted by molar-refractivity contribution is -0.168. The lowest BCUT2D eigenvalue weighted by Crippen LogP contribution is -2.26. The fourth-order valence-electron chi connectivity index (χ4n) is 3.85. The van der Waals surface area contributed by atoms with Gasteiger partial charge in [-0.1, -0.05) is 17.7 Å². The van der Waals surface area contributed by atoms with Gasteiger partial charge in [-0.05, 0) is 49.1 Å². The summed E-state index contributed by atoms with van der Waals surface area (Å²) in [5, 5.41) is 10.1. The highest BCUT2D eigenvalue weighted by Crippen LogP contribution is 2.30. The number of hydrogen-bond acceptors (Lipinski definition) is 6. The summed E-state index contributed by atoms with van der Waals surface area (Å²) in [6.45, 7) is 2.85. The van der Waals surface area contributed by atoms with Crippen LogP contribution in [0.1, 0.15) is 36.8 Å². The molecule has 3 heterocycles. The van der Waals surface area contributed by atoms with Gasteiger partial charge in [-0.15, -0.1) is 0 Å². The first-order valence-corrected chi connectivity index (χ1v) is 10.6. The normalized spacial score (nSPS) is 22.1. The third-order valence-electron chi connectivity index (χ3n) is 5.38. The van der Waals surface area contributed by atoms with Crippen LogP contribution in [0.5, 0.6) is 5.88 Å². The minimum absolute atomic E-state index is 0.0110. The zero-order valence-electron chi connectivity index (χ0n) is 16.4. The van der Waals surface area contributed by atoms with Crippen LogP contribution in [0.3, 0.4) is 0 Å². The molecule has 0 amide bonds. The maximum absolute atomic E-state index is 9.55. The molecule has 7 heteroatoms. The molecule has 2 fully saturated rings. The van der Waals surface area contributed by atoms with Crippen molar-refractivity contribution in [1.82, 2.24) is 4.98 Å². The summed E-state index contributed by atoms with van der Waals surface area (Å²) in [6, 6.07) is 9.61. The van der Waals surface area contributed by atoms with E-state index in [-0.39, 0.29) is 19.0 Å². The highest BCUT2D eigenvalue weighted by Gasteiger charge is 2.27. The first kappa shape index (κ1) is 20.4. The molecule has 156 valence electrons. The van der Waals surface area contributed by atoms with Gasteiger partial charge in [0.1, 0.15) is 11.1 Å². The molecule has 0 spiro atoms. The minimum atomic E-state index is -0.143. The van der Waals surface area contributed by atoms with E-state index in [9.17, 15) is 5.11 Å². The Hall–Kier alpha value is -1.86. The molecular formula is C22H27ClN2O4. The molecule has 29 heavy (non-hydrogen) atoms. The van der Waals surface area contributed by atoms with E-state index in [1.807, 2.05) is 12.1 Å². The largest absolute Gasteiger partial charge is 0.471 e. The third-order valence-corrected chi connectivity index (χ3v) is 5.67. The van der Waals surface area contributed by atoms with Gasteiger partial charge >= 0.3 is 0 Å². The molecule has 0 radical (unpaired) electrons. The summed E-state index contributed by atoms with van der Waals surface area (Å²) < 4.78 is 17.7. The predicted molar refractivity (Wildman–Crippen MR) is 111 cm³/mol. The summed E-state index contributed by atoms with van der Waals surface area (Å²) in [7, 11) is 0. The van der Waals surface area contributed by atoms with Crippen LogP contribution in [0.15, 0.2) is 36.5 Å². The maximum atomic E-state index is 9.55. The molecule has 6 nitrogen and oxygen atoms in total. The van der Waals surface area contributed by atoms with E-state index >= 15 is 0 Å². The molecule has 0 bridgehead atoms. The number of nitrogens with zero attached hydrogens (tertiary/aromatic N) is 2. The molecule has 1 aromatic carbocycles. The van der Waals surface area contributed by atoms with E-state index in [4.69, 9.17) is 25.8 Å². The summed E-state index contributed by atoms with van der Waals surface area (Å²) in [5.74, 6) is 0.481. The van der Waals surface area contributed by atoms with Gasteiger partial charge in [0.2, 0.25) is 5.88 Å². The smallest absolute Gasteiger partial charge is 0.232 e. The van der Waals surface area contributed by atoms with E-state index in [0.29, 0.717) is 17.5 Å². The Morgan fingerprint density at radius 1 is 1.24 bits per heavy atom. The van der Waals surface area contributed by atoms with Crippen LogP contribution in [0.4, 0.5) is 5.69 Å². The second-order valence-electron chi connectivity index (χ2n) is 7.49. The van der Waals surface area contributed by atoms with Crippen molar-refractivity contribution in [1.29, 1.82) is 0 Å². The number of aromatic nitrogens is 1. The van der Waals surface area contributed by atoms with Crippen molar-refractivity contribution < 1.29 is 19.3 Å². The molecular weight excluding hydrogens is 392 g/mol. The predicted octanol–water partition coefficient (Wildman–Crippen LogP) is 3.93. The van der Waals surface area contributed by atoms with Crippen LogP contribution in [0.25, 0.3) is 0 Å². The lowest BCUT2D eigenvalue weighted by atomic mass is 10.1. The molecule has 1 aromatic heterocycles. The fraction of sp³-hybridized carbons (Fsp3) is 0.500. The van der Waals surface area contributed by atoms with Crippen molar-refractivity contribution in [3.63, 3.8) is 0 Å². The number of anilines is 1. The van der Waals surface area contributed by atoms with Crippen molar-refractivity contribution in [2.24, 2.45) is 0 Å². The summed E-state index contributed by atoms with van der Waals surface area (Å²) in [4.78, 5) is 6.52. The van der Waals surface area contributed by atoms with Gasteiger partial charge < -0.3 is 24.2 Å². The molecule has 2 unspecified atom stereocenters. The second kappa shape index (κ2) is 9.76. The average Bonchev–Trinajstić information content (AvgIpc) is 3.22. The molecule has 2 aromatic rings. The maximum Gasteiger partial charge on any atom is 0.232 e. The molecule has 0 aliphatic carbocycles. The molecule has 1 N–H and O–H groups in total. The Morgan fingerprint density at radius 2 is 2.17 bits per heavy atom. The van der Waals surface area contributed by atoms with E-state index < -0.39 is 0 Å². The van der Waals surface area contributed by atoms with Crippen LogP contribution >= 0.6 is 11.6 Å². The van der Waals surface area contributed by atoms with Crippen LogP contribution in [0, 0.1) is 0 Å². The highest BCUT2D eigenvalue weighted by molar-refractivity contribution is 6.31. The van der Waals surface area contributed by atoms with E-state index in [1.54, 1.807) is 18.3 Å². The average molecular weight is 419 g/mol. The fourth-order valence-corrected chi connectivity index (χ4v) is 4.01. The number of aliphatic hydroxyl groups is 1. The molecule has 2 atom stereocenters. The Balaban J connectivity index is 1.43. The Labute approximate surface area is 176 Å². The number of pyridine rings is 1. The Morgan fingerprint density at radius 3 is 2.97 bits per heavy atom. The number of rotatable bonds is 7. The summed E-state index contributed by atoms with van der Waals surface area (Å²) >= 11 is 6.18. The summed E-state index contributed by atoms with van der Waals surface area (Å²) in [5.41, 5.74) is 3.04. The summed E-state index contributed by atoms with van der Waals surface area (Å²) in [6.07, 6.45) is 5.62. The molecule has 4 rings (SSSR count). The minimum Gasteiger partial charge on any atom is -0.471 e. The van der Waals surface area contributed by atoms with Crippen molar-refractivity contribution in [2.45, 2.75) is 51.3 Å². The van der Waals surface area contributed by atoms with Gasteiger partial charge in [-0.2, -0.15) is 0 Å². The van der Waals surface area contributed by atoms with Gasteiger partial charge in [0, 0.05) is 37.0 Å². The molecule has 2 aliphatic rings. The SMILES string of the molecule is OCc1ccc(N2CCC(Oc3ncccc3Cl)C2)c(COC2CCCCO2)c1. The first-order valence-electron chi connectivity index (χ1n) is 10.2. The van der Waals surface area contributed by atoms with Gasteiger partial charge in [0.05, 0.1) is 19.8 Å². The monoisotopic (exact) mass is 418 g/mol. The van der Waals surface area contributed by atoms with E-state index in [0.717, 1.165) is 62.2 Å². The number of ether oxygens (including phenoxy) is 3. The quantitative estimate of drug-likeness (QED) is 0.735. The van der Waals surface area contributed by atoms with E-state index in [1.165, 1.54) is 0 Å². The van der Waals surface area contributed by atoms with Crippen LogP contribution in [-0.4, -0.2) is 42.2 Å². The van der Waals surface area contributed by atoms with Crippen molar-refractivity contribution >= 4 is 17.3 Å². The van der Waals surface area contributed by atoms with Crippen molar-refractivity contribution in [3.05, 3.63) is 52.7 Å². The van der Waals surface area contributed by atoms with Gasteiger partial charge in [0.25, 0.3) is 0 Å². The number of halogens is 1.